The summed E-state index contributed by atoms with van der Waals surface area (Å²) in [6.07, 6.45) is 1.14. The highest BCUT2D eigenvalue weighted by molar-refractivity contribution is 7.90. The fourth-order valence-corrected chi connectivity index (χ4v) is 3.03. The van der Waals surface area contributed by atoms with Crippen LogP contribution >= 0.6 is 0 Å². The van der Waals surface area contributed by atoms with Crippen molar-refractivity contribution in [3.8, 4) is 0 Å². The Balaban J connectivity index is 2.29. The second-order valence-electron chi connectivity index (χ2n) is 4.95. The molecule has 2 rings (SSSR count). The van der Waals surface area contributed by atoms with Crippen LogP contribution < -0.4 is 4.90 Å². The van der Waals surface area contributed by atoms with E-state index in [0.717, 1.165) is 17.5 Å². The Labute approximate surface area is 112 Å². The maximum absolute atomic E-state index is 11.6. The van der Waals surface area contributed by atoms with Gasteiger partial charge in [-0.1, -0.05) is 12.1 Å². The third kappa shape index (κ3) is 3.13. The molecule has 0 aromatic heterocycles. The topological polar surface area (TPSA) is 74.7 Å². The smallest absolute Gasteiger partial charge is 0.227 e. The predicted octanol–water partition coefficient (Wildman–Crippen LogP) is 0.674. The molecular weight excluding hydrogens is 266 g/mol. The van der Waals surface area contributed by atoms with E-state index < -0.39 is 15.9 Å². The number of nitrogens with zero attached hydrogens (tertiary/aromatic N) is 1. The molecule has 1 aromatic rings. The van der Waals surface area contributed by atoms with Gasteiger partial charge in [-0.25, -0.2) is 8.42 Å². The minimum absolute atomic E-state index is 0.0666. The van der Waals surface area contributed by atoms with Gasteiger partial charge in [0.15, 0.2) is 0 Å². The number of rotatable bonds is 3. The van der Waals surface area contributed by atoms with Crippen LogP contribution in [0.1, 0.15) is 23.7 Å². The Hall–Kier alpha value is -1.40. The molecule has 1 N–H and O–H groups in total. The van der Waals surface area contributed by atoms with Crippen molar-refractivity contribution >= 4 is 21.4 Å². The van der Waals surface area contributed by atoms with Crippen LogP contribution in [-0.2, 0) is 21.1 Å². The van der Waals surface area contributed by atoms with Crippen molar-refractivity contribution in [1.82, 2.24) is 0 Å². The number of benzene rings is 1. The van der Waals surface area contributed by atoms with Crippen molar-refractivity contribution in [3.63, 3.8) is 0 Å². The van der Waals surface area contributed by atoms with Gasteiger partial charge in [0.05, 0.1) is 11.9 Å². The maximum atomic E-state index is 11.6. The number of aliphatic hydroxyl groups is 1. The van der Waals surface area contributed by atoms with Gasteiger partial charge in [-0.3, -0.25) is 4.79 Å². The zero-order valence-electron chi connectivity index (χ0n) is 11.0. The van der Waals surface area contributed by atoms with Gasteiger partial charge in [0.1, 0.15) is 9.84 Å². The highest BCUT2D eigenvalue weighted by Gasteiger charge is 2.22. The summed E-state index contributed by atoms with van der Waals surface area (Å²) in [4.78, 5) is 13.1. The lowest BCUT2D eigenvalue weighted by atomic mass is 9.97. The number of fused-ring (bicyclic) bond motifs is 1. The molecular formula is C13H17NO4S. The van der Waals surface area contributed by atoms with E-state index in [0.29, 0.717) is 18.4 Å². The van der Waals surface area contributed by atoms with E-state index in [4.69, 9.17) is 0 Å². The van der Waals surface area contributed by atoms with Crippen molar-refractivity contribution in [2.24, 2.45) is 0 Å². The van der Waals surface area contributed by atoms with E-state index in [1.54, 1.807) is 30.1 Å². The van der Waals surface area contributed by atoms with E-state index in [1.165, 1.54) is 0 Å². The van der Waals surface area contributed by atoms with Gasteiger partial charge in [0.2, 0.25) is 5.91 Å². The SMILES string of the molecule is CN1C(=O)CCc2cc(C(O)CS(C)(=O)=O)ccc21. The molecule has 1 unspecified atom stereocenters. The molecule has 19 heavy (non-hydrogen) atoms. The fourth-order valence-electron chi connectivity index (χ4n) is 2.27. The molecule has 1 aromatic carbocycles. The minimum Gasteiger partial charge on any atom is -0.387 e. The van der Waals surface area contributed by atoms with Crippen LogP contribution in [-0.4, -0.2) is 38.5 Å². The third-order valence-electron chi connectivity index (χ3n) is 3.29. The van der Waals surface area contributed by atoms with Gasteiger partial charge in [0.25, 0.3) is 0 Å². The molecule has 6 heteroatoms. The number of sulfone groups is 1. The summed E-state index contributed by atoms with van der Waals surface area (Å²) in [5.74, 6) is -0.225. The standard InChI is InChI=1S/C13H17NO4S/c1-14-11-5-3-10(12(15)8-19(2,17)18)7-9(11)4-6-13(14)16/h3,5,7,12,15H,4,6,8H2,1-2H3. The van der Waals surface area contributed by atoms with E-state index in [-0.39, 0.29) is 11.7 Å². The van der Waals surface area contributed by atoms with Gasteiger partial charge < -0.3 is 10.0 Å². The summed E-state index contributed by atoms with van der Waals surface area (Å²) < 4.78 is 22.4. The van der Waals surface area contributed by atoms with Crippen LogP contribution in [0.3, 0.4) is 0 Å². The second-order valence-corrected chi connectivity index (χ2v) is 7.13. The van der Waals surface area contributed by atoms with Crippen molar-refractivity contribution in [2.75, 3.05) is 24.0 Å². The molecule has 0 aliphatic carbocycles. The summed E-state index contributed by atoms with van der Waals surface area (Å²) in [6, 6.07) is 5.21. The average molecular weight is 283 g/mol. The number of amides is 1. The number of hydrogen-bond donors (Lipinski definition) is 1. The van der Waals surface area contributed by atoms with Crippen molar-refractivity contribution in [3.05, 3.63) is 29.3 Å². The first-order valence-corrected chi connectivity index (χ1v) is 8.09. The first-order valence-electron chi connectivity index (χ1n) is 6.03. The second kappa shape index (κ2) is 4.94. The van der Waals surface area contributed by atoms with E-state index in [9.17, 15) is 18.3 Å². The monoisotopic (exact) mass is 283 g/mol. The largest absolute Gasteiger partial charge is 0.387 e. The van der Waals surface area contributed by atoms with Crippen molar-refractivity contribution in [2.45, 2.75) is 18.9 Å². The molecule has 0 fully saturated rings. The molecule has 104 valence electrons. The zero-order chi connectivity index (χ0) is 14.2. The van der Waals surface area contributed by atoms with Crippen LogP contribution in [0.15, 0.2) is 18.2 Å². The van der Waals surface area contributed by atoms with E-state index >= 15 is 0 Å². The van der Waals surface area contributed by atoms with Crippen LogP contribution in [0.5, 0.6) is 0 Å². The summed E-state index contributed by atoms with van der Waals surface area (Å²) in [6.45, 7) is 0. The fraction of sp³-hybridized carbons (Fsp3) is 0.462. The lowest BCUT2D eigenvalue weighted by Gasteiger charge is -2.26. The molecule has 0 radical (unpaired) electrons. The number of carbonyl (C=O) groups excluding carboxylic acids is 1. The molecule has 1 aliphatic rings. The first kappa shape index (κ1) is 14.0. The molecule has 5 nitrogen and oxygen atoms in total. The quantitative estimate of drug-likeness (QED) is 0.885. The summed E-state index contributed by atoms with van der Waals surface area (Å²) in [7, 11) is -1.51. The third-order valence-corrected chi connectivity index (χ3v) is 4.21. The van der Waals surface area contributed by atoms with Crippen LogP contribution in [0.2, 0.25) is 0 Å². The molecule has 0 saturated carbocycles. The number of anilines is 1. The van der Waals surface area contributed by atoms with E-state index in [1.807, 2.05) is 0 Å². The lowest BCUT2D eigenvalue weighted by molar-refractivity contribution is -0.118. The van der Waals surface area contributed by atoms with E-state index in [2.05, 4.69) is 0 Å². The van der Waals surface area contributed by atoms with Crippen LogP contribution in [0, 0.1) is 0 Å². The molecule has 0 saturated heterocycles. The summed E-state index contributed by atoms with van der Waals surface area (Å²) in [5, 5.41) is 9.92. The van der Waals surface area contributed by atoms with Crippen LogP contribution in [0.4, 0.5) is 5.69 Å². The zero-order valence-corrected chi connectivity index (χ0v) is 11.8. The Morgan fingerprint density at radius 3 is 2.68 bits per heavy atom. The molecule has 1 atom stereocenters. The maximum Gasteiger partial charge on any atom is 0.227 e. The normalized spacial score (nSPS) is 17.2. The molecule has 0 spiro atoms. The molecule has 1 amide bonds. The number of aliphatic hydroxyl groups excluding tert-OH is 1. The summed E-state index contributed by atoms with van der Waals surface area (Å²) in [5.41, 5.74) is 2.37. The highest BCUT2D eigenvalue weighted by Crippen LogP contribution is 2.29. The van der Waals surface area contributed by atoms with Crippen LogP contribution in [0.25, 0.3) is 0 Å². The molecule has 1 aliphatic heterocycles. The Bertz CT molecular complexity index is 609. The van der Waals surface area contributed by atoms with Gasteiger partial charge in [-0.2, -0.15) is 0 Å². The summed E-state index contributed by atoms with van der Waals surface area (Å²) >= 11 is 0. The number of carbonyl (C=O) groups is 1. The Morgan fingerprint density at radius 2 is 2.05 bits per heavy atom. The van der Waals surface area contributed by atoms with Gasteiger partial charge >= 0.3 is 0 Å². The Kier molecular flexibility index (Phi) is 3.64. The molecule has 0 bridgehead atoms. The lowest BCUT2D eigenvalue weighted by Crippen LogP contribution is -2.31. The first-order chi connectivity index (χ1) is 8.78. The number of aryl methyl sites for hydroxylation is 1. The molecule has 1 heterocycles. The van der Waals surface area contributed by atoms with Crippen molar-refractivity contribution in [1.29, 1.82) is 0 Å². The number of hydrogen-bond acceptors (Lipinski definition) is 4. The Morgan fingerprint density at radius 1 is 1.37 bits per heavy atom. The van der Waals surface area contributed by atoms with Gasteiger partial charge in [-0.05, 0) is 23.6 Å². The van der Waals surface area contributed by atoms with Gasteiger partial charge in [0, 0.05) is 25.4 Å². The predicted molar refractivity (Wildman–Crippen MR) is 72.8 cm³/mol. The highest BCUT2D eigenvalue weighted by atomic mass is 32.2. The van der Waals surface area contributed by atoms with Crippen molar-refractivity contribution < 1.29 is 18.3 Å². The minimum atomic E-state index is -3.23. The average Bonchev–Trinajstić information content (AvgIpc) is 2.31. The van der Waals surface area contributed by atoms with Gasteiger partial charge in [-0.15, -0.1) is 0 Å².